The topological polar surface area (TPSA) is 85.9 Å². The third-order valence-corrected chi connectivity index (χ3v) is 2.68. The molecule has 0 aromatic rings. The number of esters is 1. The van der Waals surface area contributed by atoms with Crippen molar-refractivity contribution in [1.82, 2.24) is 10.6 Å². The minimum absolute atomic E-state index is 0.136. The van der Waals surface area contributed by atoms with Crippen LogP contribution in [-0.2, 0) is 19.0 Å². The van der Waals surface area contributed by atoms with E-state index < -0.39 is 23.7 Å². The molecule has 7 nitrogen and oxygen atoms in total. The van der Waals surface area contributed by atoms with E-state index in [2.05, 4.69) is 10.6 Å². The van der Waals surface area contributed by atoms with Gasteiger partial charge in [-0.3, -0.25) is 0 Å². The first-order chi connectivity index (χ1) is 9.31. The molecule has 2 atom stereocenters. The standard InChI is InChI=1S/C13H24N2O5/c1-13(2,3)20-12(17)15-10(11(16)18-4)7-9-8-14-5-6-19-9/h9-10,14H,5-8H2,1-4H3,(H,15,17)/t9-,10-/m0/s1. The second-order valence-corrected chi connectivity index (χ2v) is 5.65. The van der Waals surface area contributed by atoms with E-state index in [9.17, 15) is 9.59 Å². The second kappa shape index (κ2) is 7.44. The van der Waals surface area contributed by atoms with Crippen LogP contribution in [0.3, 0.4) is 0 Å². The van der Waals surface area contributed by atoms with Gasteiger partial charge in [-0.25, -0.2) is 9.59 Å². The molecule has 20 heavy (non-hydrogen) atoms. The molecular weight excluding hydrogens is 264 g/mol. The summed E-state index contributed by atoms with van der Waals surface area (Å²) in [6, 6.07) is -0.778. The number of methoxy groups -OCH3 is 1. The molecule has 0 aromatic carbocycles. The summed E-state index contributed by atoms with van der Waals surface area (Å²) >= 11 is 0. The molecule has 0 spiro atoms. The number of carbonyl (C=O) groups excluding carboxylic acids is 2. The van der Waals surface area contributed by atoms with E-state index in [1.807, 2.05) is 0 Å². The first-order valence-electron chi connectivity index (χ1n) is 6.71. The van der Waals surface area contributed by atoms with Gasteiger partial charge in [0, 0.05) is 19.5 Å². The van der Waals surface area contributed by atoms with Gasteiger partial charge in [0.2, 0.25) is 0 Å². The van der Waals surface area contributed by atoms with E-state index in [0.717, 1.165) is 6.54 Å². The van der Waals surface area contributed by atoms with Crippen molar-refractivity contribution in [3.63, 3.8) is 0 Å². The van der Waals surface area contributed by atoms with Gasteiger partial charge < -0.3 is 24.8 Å². The average molecular weight is 288 g/mol. The van der Waals surface area contributed by atoms with Crippen molar-refractivity contribution in [2.24, 2.45) is 0 Å². The van der Waals surface area contributed by atoms with Crippen molar-refractivity contribution in [2.75, 3.05) is 26.8 Å². The molecule has 1 rings (SSSR count). The number of hydrogen-bond donors (Lipinski definition) is 2. The Morgan fingerprint density at radius 3 is 2.65 bits per heavy atom. The normalized spacial score (nSPS) is 20.9. The SMILES string of the molecule is COC(=O)[C@H](C[C@H]1CNCCO1)NC(=O)OC(C)(C)C. The highest BCUT2D eigenvalue weighted by Crippen LogP contribution is 2.10. The van der Waals surface area contributed by atoms with Gasteiger partial charge in [-0.2, -0.15) is 0 Å². The maximum Gasteiger partial charge on any atom is 0.408 e. The van der Waals surface area contributed by atoms with Crippen molar-refractivity contribution < 1.29 is 23.8 Å². The van der Waals surface area contributed by atoms with Crippen molar-refractivity contribution in [3.8, 4) is 0 Å². The second-order valence-electron chi connectivity index (χ2n) is 5.65. The molecule has 2 N–H and O–H groups in total. The third-order valence-electron chi connectivity index (χ3n) is 2.68. The molecule has 0 bridgehead atoms. The maximum atomic E-state index is 11.7. The summed E-state index contributed by atoms with van der Waals surface area (Å²) < 4.78 is 15.4. The fraction of sp³-hybridized carbons (Fsp3) is 0.846. The predicted molar refractivity (Wildman–Crippen MR) is 72.4 cm³/mol. The molecule has 0 radical (unpaired) electrons. The van der Waals surface area contributed by atoms with Crippen molar-refractivity contribution in [2.45, 2.75) is 44.9 Å². The highest BCUT2D eigenvalue weighted by atomic mass is 16.6. The molecule has 116 valence electrons. The van der Waals surface area contributed by atoms with Crippen molar-refractivity contribution >= 4 is 12.1 Å². The lowest BCUT2D eigenvalue weighted by molar-refractivity contribution is -0.144. The molecule has 1 aliphatic heterocycles. The highest BCUT2D eigenvalue weighted by Gasteiger charge is 2.28. The van der Waals surface area contributed by atoms with Crippen LogP contribution < -0.4 is 10.6 Å². The fourth-order valence-corrected chi connectivity index (χ4v) is 1.84. The quantitative estimate of drug-likeness (QED) is 0.730. The van der Waals surface area contributed by atoms with Gasteiger partial charge in [-0.1, -0.05) is 0 Å². The Balaban J connectivity index is 2.55. The van der Waals surface area contributed by atoms with Gasteiger partial charge in [-0.15, -0.1) is 0 Å². The first-order valence-corrected chi connectivity index (χ1v) is 6.71. The minimum Gasteiger partial charge on any atom is -0.467 e. The number of hydrogen-bond acceptors (Lipinski definition) is 6. The number of ether oxygens (including phenoxy) is 3. The van der Waals surface area contributed by atoms with E-state index >= 15 is 0 Å². The van der Waals surface area contributed by atoms with Crippen LogP contribution in [0, 0.1) is 0 Å². The molecule has 1 saturated heterocycles. The van der Waals surface area contributed by atoms with E-state index in [1.54, 1.807) is 20.8 Å². The lowest BCUT2D eigenvalue weighted by Gasteiger charge is -2.27. The Labute approximate surface area is 119 Å². The zero-order valence-corrected chi connectivity index (χ0v) is 12.5. The zero-order chi connectivity index (χ0) is 15.2. The van der Waals surface area contributed by atoms with E-state index in [4.69, 9.17) is 14.2 Å². The maximum absolute atomic E-state index is 11.7. The number of nitrogens with one attached hydrogen (secondary N) is 2. The van der Waals surface area contributed by atoms with Crippen LogP contribution in [-0.4, -0.2) is 56.6 Å². The smallest absolute Gasteiger partial charge is 0.408 e. The monoisotopic (exact) mass is 288 g/mol. The van der Waals surface area contributed by atoms with Crippen molar-refractivity contribution in [1.29, 1.82) is 0 Å². The highest BCUT2D eigenvalue weighted by molar-refractivity contribution is 5.81. The fourth-order valence-electron chi connectivity index (χ4n) is 1.84. The molecule has 0 unspecified atom stereocenters. The van der Waals surface area contributed by atoms with E-state index in [-0.39, 0.29) is 6.10 Å². The summed E-state index contributed by atoms with van der Waals surface area (Å²) in [6.45, 7) is 7.29. The van der Waals surface area contributed by atoms with Gasteiger partial charge in [0.15, 0.2) is 0 Å². The Morgan fingerprint density at radius 2 is 2.15 bits per heavy atom. The summed E-state index contributed by atoms with van der Waals surface area (Å²) in [4.78, 5) is 23.5. The Bertz CT molecular complexity index is 334. The molecule has 1 fully saturated rings. The largest absolute Gasteiger partial charge is 0.467 e. The van der Waals surface area contributed by atoms with Crippen LogP contribution in [0.5, 0.6) is 0 Å². The lowest BCUT2D eigenvalue weighted by Crippen LogP contribution is -2.48. The van der Waals surface area contributed by atoms with Gasteiger partial charge in [0.25, 0.3) is 0 Å². The number of alkyl carbamates (subject to hydrolysis) is 1. The predicted octanol–water partition coefficient (Wildman–Crippen LogP) is 0.431. The zero-order valence-electron chi connectivity index (χ0n) is 12.5. The molecule has 1 aliphatic rings. The summed E-state index contributed by atoms with van der Waals surface area (Å²) in [6.07, 6.45) is -0.432. The van der Waals surface area contributed by atoms with Gasteiger partial charge in [-0.05, 0) is 20.8 Å². The van der Waals surface area contributed by atoms with Crippen LogP contribution in [0.25, 0.3) is 0 Å². The minimum atomic E-state index is -0.778. The number of amides is 1. The number of rotatable bonds is 4. The number of morpholine rings is 1. The molecule has 7 heteroatoms. The molecule has 0 aliphatic carbocycles. The summed E-state index contributed by atoms with van der Waals surface area (Å²) in [5.74, 6) is -0.509. The molecule has 1 heterocycles. The molecular formula is C13H24N2O5. The van der Waals surface area contributed by atoms with Crippen LogP contribution in [0.4, 0.5) is 4.79 Å². The third kappa shape index (κ3) is 6.21. The lowest BCUT2D eigenvalue weighted by atomic mass is 10.1. The van der Waals surface area contributed by atoms with Gasteiger partial charge in [0.1, 0.15) is 11.6 Å². The van der Waals surface area contributed by atoms with E-state index in [1.165, 1.54) is 7.11 Å². The Hall–Kier alpha value is -1.34. The summed E-state index contributed by atoms with van der Waals surface area (Å²) in [7, 11) is 1.28. The van der Waals surface area contributed by atoms with Crippen LogP contribution >= 0.6 is 0 Å². The van der Waals surface area contributed by atoms with Crippen molar-refractivity contribution in [3.05, 3.63) is 0 Å². The number of carbonyl (C=O) groups is 2. The molecule has 0 saturated carbocycles. The molecule has 1 amide bonds. The Kier molecular flexibility index (Phi) is 6.22. The van der Waals surface area contributed by atoms with Gasteiger partial charge in [0.05, 0.1) is 19.8 Å². The summed E-state index contributed by atoms with van der Waals surface area (Å²) in [5.41, 5.74) is -0.617. The van der Waals surface area contributed by atoms with Crippen LogP contribution in [0.15, 0.2) is 0 Å². The van der Waals surface area contributed by atoms with Crippen LogP contribution in [0.2, 0.25) is 0 Å². The van der Waals surface area contributed by atoms with E-state index in [0.29, 0.717) is 19.6 Å². The first kappa shape index (κ1) is 16.7. The Morgan fingerprint density at radius 1 is 1.45 bits per heavy atom. The average Bonchev–Trinajstić information content (AvgIpc) is 2.36. The van der Waals surface area contributed by atoms with Gasteiger partial charge >= 0.3 is 12.1 Å². The molecule has 0 aromatic heterocycles. The van der Waals surface area contributed by atoms with Crippen LogP contribution in [0.1, 0.15) is 27.2 Å². The summed E-state index contributed by atoms with van der Waals surface area (Å²) in [5, 5.41) is 5.70.